The number of para-hydroxylation sites is 2. The van der Waals surface area contributed by atoms with Crippen LogP contribution < -0.4 is 10.0 Å². The predicted octanol–water partition coefficient (Wildman–Crippen LogP) is 2.61. The van der Waals surface area contributed by atoms with Gasteiger partial charge >= 0.3 is 0 Å². The van der Waals surface area contributed by atoms with Crippen LogP contribution in [0.25, 0.3) is 11.0 Å². The van der Waals surface area contributed by atoms with Crippen molar-refractivity contribution in [3.8, 4) is 0 Å². The molecule has 2 aromatic carbocycles. The second kappa shape index (κ2) is 7.04. The zero-order chi connectivity index (χ0) is 17.9. The van der Waals surface area contributed by atoms with E-state index in [1.165, 1.54) is 30.5 Å². The van der Waals surface area contributed by atoms with Crippen molar-refractivity contribution in [2.24, 2.45) is 0 Å². The van der Waals surface area contributed by atoms with Crippen molar-refractivity contribution < 1.29 is 13.2 Å². The molecule has 0 aliphatic rings. The number of fused-ring (bicyclic) bond motifs is 1. The van der Waals surface area contributed by atoms with Gasteiger partial charge in [0.1, 0.15) is 5.88 Å². The molecule has 9 heteroatoms. The molecule has 0 saturated heterocycles. The lowest BCUT2D eigenvalue weighted by Crippen LogP contribution is -2.15. The molecule has 0 saturated carbocycles. The van der Waals surface area contributed by atoms with Crippen molar-refractivity contribution in [2.45, 2.75) is 4.90 Å². The fraction of sp³-hybridized carbons (Fsp3) is 0.0625. The third-order valence-corrected chi connectivity index (χ3v) is 4.87. The van der Waals surface area contributed by atoms with Gasteiger partial charge in [-0.1, -0.05) is 12.1 Å². The summed E-state index contributed by atoms with van der Waals surface area (Å²) >= 11 is 5.41. The number of sulfonamides is 1. The van der Waals surface area contributed by atoms with E-state index in [-0.39, 0.29) is 22.5 Å². The Morgan fingerprint density at radius 1 is 1.04 bits per heavy atom. The predicted molar refractivity (Wildman–Crippen MR) is 96.1 cm³/mol. The fourth-order valence-corrected chi connectivity index (χ4v) is 3.17. The van der Waals surface area contributed by atoms with Gasteiger partial charge in [-0.15, -0.1) is 11.6 Å². The molecule has 0 aliphatic carbocycles. The molecular weight excluding hydrogens is 364 g/mol. The number of nitrogens with zero attached hydrogens (tertiary/aromatic N) is 2. The Labute approximate surface area is 149 Å². The maximum Gasteiger partial charge on any atom is 0.263 e. The minimum atomic E-state index is -3.82. The van der Waals surface area contributed by atoms with E-state index < -0.39 is 10.0 Å². The van der Waals surface area contributed by atoms with Crippen LogP contribution in [0.5, 0.6) is 0 Å². The normalized spacial score (nSPS) is 11.2. The monoisotopic (exact) mass is 376 g/mol. The maximum atomic E-state index is 12.4. The molecule has 0 radical (unpaired) electrons. The molecule has 1 aromatic heterocycles. The van der Waals surface area contributed by atoms with Gasteiger partial charge in [0.05, 0.1) is 22.1 Å². The number of amides is 1. The summed E-state index contributed by atoms with van der Waals surface area (Å²) in [6, 6.07) is 12.9. The molecule has 1 heterocycles. The minimum absolute atomic E-state index is 0.0336. The largest absolute Gasteiger partial charge is 0.325 e. The molecule has 0 spiro atoms. The van der Waals surface area contributed by atoms with E-state index in [0.717, 1.165) is 0 Å². The highest BCUT2D eigenvalue weighted by molar-refractivity contribution is 7.92. The average Bonchev–Trinajstić information content (AvgIpc) is 2.61. The van der Waals surface area contributed by atoms with Gasteiger partial charge in [-0.2, -0.15) is 0 Å². The van der Waals surface area contributed by atoms with Gasteiger partial charge in [-0.25, -0.2) is 13.4 Å². The second-order valence-electron chi connectivity index (χ2n) is 5.06. The molecule has 2 N–H and O–H groups in total. The molecule has 128 valence electrons. The van der Waals surface area contributed by atoms with Crippen molar-refractivity contribution in [1.29, 1.82) is 0 Å². The summed E-state index contributed by atoms with van der Waals surface area (Å²) in [5.74, 6) is -0.428. The highest BCUT2D eigenvalue weighted by Crippen LogP contribution is 2.18. The van der Waals surface area contributed by atoms with Crippen molar-refractivity contribution in [2.75, 3.05) is 15.9 Å². The minimum Gasteiger partial charge on any atom is -0.325 e. The van der Waals surface area contributed by atoms with Gasteiger partial charge in [-0.3, -0.25) is 14.5 Å². The number of anilines is 2. The van der Waals surface area contributed by atoms with Crippen LogP contribution in [0.4, 0.5) is 11.5 Å². The Hall–Kier alpha value is -2.71. The van der Waals surface area contributed by atoms with E-state index in [1.807, 2.05) is 6.07 Å². The number of alkyl halides is 1. The summed E-state index contributed by atoms with van der Waals surface area (Å²) in [5, 5.41) is 2.53. The van der Waals surface area contributed by atoms with Crippen LogP contribution >= 0.6 is 11.6 Å². The molecule has 3 rings (SSSR count). The first-order valence-electron chi connectivity index (χ1n) is 7.18. The van der Waals surface area contributed by atoms with Crippen molar-refractivity contribution in [3.05, 3.63) is 54.7 Å². The lowest BCUT2D eigenvalue weighted by atomic mass is 10.3. The Morgan fingerprint density at radius 2 is 1.72 bits per heavy atom. The summed E-state index contributed by atoms with van der Waals surface area (Å²) in [7, 11) is -3.82. The van der Waals surface area contributed by atoms with E-state index >= 15 is 0 Å². The zero-order valence-electron chi connectivity index (χ0n) is 12.8. The number of hydrogen-bond acceptors (Lipinski definition) is 5. The van der Waals surface area contributed by atoms with Crippen LogP contribution in [0, 0.1) is 0 Å². The number of carbonyl (C=O) groups is 1. The Kier molecular flexibility index (Phi) is 4.82. The molecule has 0 atom stereocenters. The fourth-order valence-electron chi connectivity index (χ4n) is 2.11. The van der Waals surface area contributed by atoms with Crippen LogP contribution in [0.15, 0.2) is 59.6 Å². The number of benzene rings is 2. The molecule has 0 bridgehead atoms. The highest BCUT2D eigenvalue weighted by atomic mass is 35.5. The molecule has 3 aromatic rings. The van der Waals surface area contributed by atoms with Crippen molar-refractivity contribution in [1.82, 2.24) is 9.97 Å². The lowest BCUT2D eigenvalue weighted by molar-refractivity contribution is -0.113. The number of carbonyl (C=O) groups excluding carboxylic acids is 1. The smallest absolute Gasteiger partial charge is 0.263 e. The summed E-state index contributed by atoms with van der Waals surface area (Å²) in [4.78, 5) is 19.7. The average molecular weight is 377 g/mol. The Balaban J connectivity index is 1.81. The quantitative estimate of drug-likeness (QED) is 0.666. The summed E-state index contributed by atoms with van der Waals surface area (Å²) in [6.07, 6.45) is 1.36. The lowest BCUT2D eigenvalue weighted by Gasteiger charge is -2.09. The SMILES string of the molecule is O=C(CCl)Nc1ccc(S(=O)(=O)Nc2cnc3ccccc3n2)cc1. The van der Waals surface area contributed by atoms with Gasteiger partial charge in [0.25, 0.3) is 10.0 Å². The number of halogens is 1. The molecular formula is C16H13ClN4O3S. The first kappa shape index (κ1) is 17.1. The molecule has 0 fully saturated rings. The number of nitrogens with one attached hydrogen (secondary N) is 2. The van der Waals surface area contributed by atoms with Gasteiger partial charge in [0.2, 0.25) is 5.91 Å². The van der Waals surface area contributed by atoms with Crippen molar-refractivity contribution >= 4 is 50.1 Å². The third kappa shape index (κ3) is 4.04. The van der Waals surface area contributed by atoms with Gasteiger partial charge in [0.15, 0.2) is 5.82 Å². The molecule has 0 aliphatic heterocycles. The van der Waals surface area contributed by atoms with E-state index in [0.29, 0.717) is 16.7 Å². The number of rotatable bonds is 5. The Bertz CT molecular complexity index is 1020. The van der Waals surface area contributed by atoms with Gasteiger partial charge in [-0.05, 0) is 36.4 Å². The molecule has 0 unspecified atom stereocenters. The maximum absolute atomic E-state index is 12.4. The topological polar surface area (TPSA) is 101 Å². The number of hydrogen-bond donors (Lipinski definition) is 2. The molecule has 1 amide bonds. The molecule has 7 nitrogen and oxygen atoms in total. The van der Waals surface area contributed by atoms with Crippen LogP contribution in [0.3, 0.4) is 0 Å². The zero-order valence-corrected chi connectivity index (χ0v) is 14.4. The third-order valence-electron chi connectivity index (χ3n) is 3.26. The second-order valence-corrected chi connectivity index (χ2v) is 7.01. The van der Waals surface area contributed by atoms with Crippen LogP contribution in [-0.2, 0) is 14.8 Å². The van der Waals surface area contributed by atoms with Crippen LogP contribution in [0.2, 0.25) is 0 Å². The van der Waals surface area contributed by atoms with E-state index in [2.05, 4.69) is 20.0 Å². The summed E-state index contributed by atoms with van der Waals surface area (Å²) in [6.45, 7) is 0. The highest BCUT2D eigenvalue weighted by Gasteiger charge is 2.15. The van der Waals surface area contributed by atoms with E-state index in [4.69, 9.17) is 11.6 Å². The van der Waals surface area contributed by atoms with E-state index in [9.17, 15) is 13.2 Å². The number of aromatic nitrogens is 2. The van der Waals surface area contributed by atoms with Crippen LogP contribution in [0.1, 0.15) is 0 Å². The Morgan fingerprint density at radius 3 is 2.40 bits per heavy atom. The standard InChI is InChI=1S/C16H13ClN4O3S/c17-9-16(22)19-11-5-7-12(8-6-11)25(23,24)21-15-10-18-13-3-1-2-4-14(13)20-15/h1-8,10H,9H2,(H,19,22)(H,20,21). The summed E-state index contributed by atoms with van der Waals surface area (Å²) in [5.41, 5.74) is 1.71. The van der Waals surface area contributed by atoms with Crippen molar-refractivity contribution in [3.63, 3.8) is 0 Å². The molecule has 25 heavy (non-hydrogen) atoms. The summed E-state index contributed by atoms with van der Waals surface area (Å²) < 4.78 is 27.3. The van der Waals surface area contributed by atoms with E-state index in [1.54, 1.807) is 18.2 Å². The first-order chi connectivity index (χ1) is 12.0. The van der Waals surface area contributed by atoms with Gasteiger partial charge < -0.3 is 5.32 Å². The first-order valence-corrected chi connectivity index (χ1v) is 9.20. The van der Waals surface area contributed by atoms with Gasteiger partial charge in [0, 0.05) is 5.69 Å². The van der Waals surface area contributed by atoms with Crippen LogP contribution in [-0.4, -0.2) is 30.2 Å².